The molecule has 0 fully saturated rings. The van der Waals surface area contributed by atoms with Crippen LogP contribution >= 0.6 is 0 Å². The van der Waals surface area contributed by atoms with Crippen molar-refractivity contribution in [2.45, 2.75) is 32.1 Å². The van der Waals surface area contributed by atoms with Crippen LogP contribution in [-0.4, -0.2) is 35.8 Å². The van der Waals surface area contributed by atoms with Gasteiger partial charge in [0.25, 0.3) is 0 Å². The standard InChI is InChI=1S/C18H23NO3/c20-17(13-21-14-18-8-4-10-22-18)12-19-9-3-7-15-5-1-2-6-16(15)11-19/h1-2,4-6,8,10,17,20H,3,7,9,11-14H2. The van der Waals surface area contributed by atoms with Gasteiger partial charge >= 0.3 is 0 Å². The summed E-state index contributed by atoms with van der Waals surface area (Å²) in [4.78, 5) is 2.31. The second-order valence-corrected chi connectivity index (χ2v) is 5.86. The zero-order valence-corrected chi connectivity index (χ0v) is 12.8. The number of ether oxygens (including phenoxy) is 1. The Kier molecular flexibility index (Phi) is 5.27. The van der Waals surface area contributed by atoms with E-state index in [0.717, 1.165) is 31.7 Å². The van der Waals surface area contributed by atoms with Crippen molar-refractivity contribution in [2.24, 2.45) is 0 Å². The summed E-state index contributed by atoms with van der Waals surface area (Å²) in [6, 6.07) is 12.3. The predicted molar refractivity (Wildman–Crippen MR) is 84.4 cm³/mol. The molecule has 1 unspecified atom stereocenters. The monoisotopic (exact) mass is 301 g/mol. The number of rotatable bonds is 6. The van der Waals surface area contributed by atoms with Gasteiger partial charge in [-0.3, -0.25) is 4.90 Å². The van der Waals surface area contributed by atoms with E-state index >= 15 is 0 Å². The van der Waals surface area contributed by atoms with E-state index in [0.29, 0.717) is 19.8 Å². The first-order valence-electron chi connectivity index (χ1n) is 7.88. The van der Waals surface area contributed by atoms with Crippen LogP contribution in [-0.2, 0) is 24.3 Å². The summed E-state index contributed by atoms with van der Waals surface area (Å²) in [5.74, 6) is 0.788. The number of aliphatic hydroxyl groups is 1. The Balaban J connectivity index is 1.46. The van der Waals surface area contributed by atoms with Crippen molar-refractivity contribution in [3.8, 4) is 0 Å². The molecular formula is C18H23NO3. The van der Waals surface area contributed by atoms with E-state index in [2.05, 4.69) is 29.2 Å². The minimum atomic E-state index is -0.472. The van der Waals surface area contributed by atoms with Crippen LogP contribution in [0.1, 0.15) is 23.3 Å². The van der Waals surface area contributed by atoms with Gasteiger partial charge in [-0.2, -0.15) is 0 Å². The molecule has 1 aliphatic heterocycles. The molecule has 1 N–H and O–H groups in total. The summed E-state index contributed by atoms with van der Waals surface area (Å²) < 4.78 is 10.7. The van der Waals surface area contributed by atoms with Crippen LogP contribution in [0.4, 0.5) is 0 Å². The van der Waals surface area contributed by atoms with Crippen molar-refractivity contribution in [1.29, 1.82) is 0 Å². The molecule has 3 rings (SSSR count). The molecule has 0 radical (unpaired) electrons. The molecule has 2 aromatic rings. The van der Waals surface area contributed by atoms with Crippen molar-refractivity contribution in [3.63, 3.8) is 0 Å². The van der Waals surface area contributed by atoms with E-state index in [4.69, 9.17) is 9.15 Å². The van der Waals surface area contributed by atoms with Crippen LogP contribution in [0.2, 0.25) is 0 Å². The zero-order chi connectivity index (χ0) is 15.2. The lowest BCUT2D eigenvalue weighted by atomic mass is 10.0. The largest absolute Gasteiger partial charge is 0.467 e. The van der Waals surface area contributed by atoms with Gasteiger partial charge in [0.2, 0.25) is 0 Å². The zero-order valence-electron chi connectivity index (χ0n) is 12.8. The summed E-state index contributed by atoms with van der Waals surface area (Å²) >= 11 is 0. The highest BCUT2D eigenvalue weighted by molar-refractivity contribution is 5.28. The normalized spacial score (nSPS) is 17.0. The minimum absolute atomic E-state index is 0.332. The second kappa shape index (κ2) is 7.58. The van der Waals surface area contributed by atoms with Crippen molar-refractivity contribution < 1.29 is 14.3 Å². The highest BCUT2D eigenvalue weighted by Gasteiger charge is 2.17. The van der Waals surface area contributed by atoms with Crippen molar-refractivity contribution in [1.82, 2.24) is 4.90 Å². The first-order valence-corrected chi connectivity index (χ1v) is 7.88. The molecule has 0 spiro atoms. The van der Waals surface area contributed by atoms with Gasteiger partial charge < -0.3 is 14.3 Å². The van der Waals surface area contributed by atoms with Crippen LogP contribution in [0.15, 0.2) is 47.1 Å². The van der Waals surface area contributed by atoms with Crippen LogP contribution < -0.4 is 0 Å². The lowest BCUT2D eigenvalue weighted by Crippen LogP contribution is -2.34. The maximum absolute atomic E-state index is 10.2. The Morgan fingerprint density at radius 3 is 2.86 bits per heavy atom. The number of furan rings is 1. The van der Waals surface area contributed by atoms with Crippen molar-refractivity contribution in [2.75, 3.05) is 19.7 Å². The SMILES string of the molecule is OC(COCc1ccco1)CN1CCCc2ccccc2C1. The van der Waals surface area contributed by atoms with Crippen LogP contribution in [0, 0.1) is 0 Å². The van der Waals surface area contributed by atoms with Crippen molar-refractivity contribution in [3.05, 3.63) is 59.5 Å². The molecule has 4 heteroatoms. The molecule has 0 aliphatic carbocycles. The third kappa shape index (κ3) is 4.19. The topological polar surface area (TPSA) is 45.8 Å². The number of hydrogen-bond donors (Lipinski definition) is 1. The Labute approximate surface area is 131 Å². The van der Waals surface area contributed by atoms with Gasteiger partial charge in [0.15, 0.2) is 0 Å². The van der Waals surface area contributed by atoms with E-state index < -0.39 is 6.10 Å². The smallest absolute Gasteiger partial charge is 0.129 e. The van der Waals surface area contributed by atoms with E-state index in [9.17, 15) is 5.11 Å². The van der Waals surface area contributed by atoms with Gasteiger partial charge in [-0.05, 0) is 42.6 Å². The Bertz CT molecular complexity index is 567. The molecule has 2 heterocycles. The van der Waals surface area contributed by atoms with Crippen LogP contribution in [0.3, 0.4) is 0 Å². The van der Waals surface area contributed by atoms with Gasteiger partial charge in [0.05, 0.1) is 19.0 Å². The third-order valence-corrected chi connectivity index (χ3v) is 4.04. The highest BCUT2D eigenvalue weighted by Crippen LogP contribution is 2.18. The lowest BCUT2D eigenvalue weighted by molar-refractivity contribution is 0.00409. The second-order valence-electron chi connectivity index (χ2n) is 5.86. The molecule has 118 valence electrons. The fourth-order valence-electron chi connectivity index (χ4n) is 2.97. The molecule has 1 atom stereocenters. The maximum Gasteiger partial charge on any atom is 0.129 e. The summed E-state index contributed by atoms with van der Waals surface area (Å²) in [6.45, 7) is 3.31. The molecule has 1 aromatic heterocycles. The predicted octanol–water partition coefficient (Wildman–Crippen LogP) is 2.61. The van der Waals surface area contributed by atoms with E-state index in [1.54, 1.807) is 6.26 Å². The number of benzene rings is 1. The number of aliphatic hydroxyl groups excluding tert-OH is 1. The van der Waals surface area contributed by atoms with Gasteiger partial charge in [-0.25, -0.2) is 0 Å². The van der Waals surface area contributed by atoms with Gasteiger partial charge in [-0.15, -0.1) is 0 Å². The van der Waals surface area contributed by atoms with E-state index in [1.807, 2.05) is 12.1 Å². The number of β-amino-alcohol motifs (C(OH)–C–C–N with tert-alkyl or cyclic N) is 1. The molecule has 22 heavy (non-hydrogen) atoms. The molecule has 0 bridgehead atoms. The lowest BCUT2D eigenvalue weighted by Gasteiger charge is -2.23. The quantitative estimate of drug-likeness (QED) is 0.891. The molecular weight excluding hydrogens is 278 g/mol. The summed E-state index contributed by atoms with van der Waals surface area (Å²) in [6.07, 6.45) is 3.42. The summed E-state index contributed by atoms with van der Waals surface area (Å²) in [5, 5.41) is 10.2. The van der Waals surface area contributed by atoms with E-state index in [1.165, 1.54) is 11.1 Å². The third-order valence-electron chi connectivity index (χ3n) is 4.04. The first kappa shape index (κ1) is 15.3. The molecule has 0 amide bonds. The molecule has 4 nitrogen and oxygen atoms in total. The van der Waals surface area contributed by atoms with Gasteiger partial charge in [-0.1, -0.05) is 24.3 Å². The summed E-state index contributed by atoms with van der Waals surface area (Å²) in [5.41, 5.74) is 2.82. The Morgan fingerprint density at radius 2 is 2.05 bits per heavy atom. The maximum atomic E-state index is 10.2. The fourth-order valence-corrected chi connectivity index (χ4v) is 2.97. The highest BCUT2D eigenvalue weighted by atomic mass is 16.5. The molecule has 0 saturated heterocycles. The van der Waals surface area contributed by atoms with Crippen LogP contribution in [0.5, 0.6) is 0 Å². The minimum Gasteiger partial charge on any atom is -0.467 e. The van der Waals surface area contributed by atoms with Gasteiger partial charge in [0.1, 0.15) is 12.4 Å². The Morgan fingerprint density at radius 1 is 1.18 bits per heavy atom. The molecule has 1 aromatic carbocycles. The molecule has 1 aliphatic rings. The van der Waals surface area contributed by atoms with Crippen molar-refractivity contribution >= 4 is 0 Å². The number of aryl methyl sites for hydroxylation is 1. The average molecular weight is 301 g/mol. The van der Waals surface area contributed by atoms with E-state index in [-0.39, 0.29) is 0 Å². The fraction of sp³-hybridized carbons (Fsp3) is 0.444. The number of hydrogen-bond acceptors (Lipinski definition) is 4. The molecule has 0 saturated carbocycles. The first-order chi connectivity index (χ1) is 10.8. The van der Waals surface area contributed by atoms with Gasteiger partial charge in [0, 0.05) is 13.1 Å². The average Bonchev–Trinajstić information content (AvgIpc) is 2.94. The van der Waals surface area contributed by atoms with Crippen LogP contribution in [0.25, 0.3) is 0 Å². The number of fused-ring (bicyclic) bond motifs is 1. The number of nitrogens with zero attached hydrogens (tertiary/aromatic N) is 1. The summed E-state index contributed by atoms with van der Waals surface area (Å²) in [7, 11) is 0. The Hall–Kier alpha value is -1.62.